The normalized spacial score (nSPS) is 13.5. The third-order valence-electron chi connectivity index (χ3n) is 3.34. The van der Waals surface area contributed by atoms with Crippen molar-refractivity contribution >= 4 is 28.4 Å². The van der Waals surface area contributed by atoms with Gasteiger partial charge >= 0.3 is 0 Å². The van der Waals surface area contributed by atoms with Crippen LogP contribution in [0.1, 0.15) is 20.8 Å². The monoisotopic (exact) mass is 373 g/mol. The molecule has 1 aromatic rings. The van der Waals surface area contributed by atoms with Crippen molar-refractivity contribution in [2.24, 2.45) is 4.99 Å². The van der Waals surface area contributed by atoms with Crippen LogP contribution in [0.15, 0.2) is 29.3 Å². The maximum Gasteiger partial charge on any atom is 0.193 e. The average molecular weight is 374 g/mol. The van der Waals surface area contributed by atoms with Gasteiger partial charge in [0.2, 0.25) is 0 Å². The van der Waals surface area contributed by atoms with Crippen LogP contribution in [0.25, 0.3) is 0 Å². The number of hydrogen-bond donors (Lipinski definition) is 1. The van der Waals surface area contributed by atoms with Gasteiger partial charge in [-0.05, 0) is 45.0 Å². The van der Waals surface area contributed by atoms with Gasteiger partial charge in [-0.25, -0.2) is 0 Å². The molecule has 136 valence electrons. The Morgan fingerprint density at radius 3 is 2.50 bits per heavy atom. The van der Waals surface area contributed by atoms with Crippen molar-refractivity contribution in [1.82, 2.24) is 10.2 Å². The predicted molar refractivity (Wildman–Crippen MR) is 104 cm³/mol. The van der Waals surface area contributed by atoms with E-state index in [1.807, 2.05) is 44.9 Å². The molecule has 0 spiro atoms. The first kappa shape index (κ1) is 20.8. The predicted octanol–water partition coefficient (Wildman–Crippen LogP) is 2.77. The second kappa shape index (κ2) is 9.89. The van der Waals surface area contributed by atoms with Gasteiger partial charge in [-0.2, -0.15) is 0 Å². The number of rotatable bonds is 7. The Labute approximate surface area is 152 Å². The molecular weight excluding hydrogens is 346 g/mol. The number of nitrogens with zero attached hydrogens (tertiary/aromatic N) is 2. The minimum atomic E-state index is -0.873. The molecule has 1 aromatic carbocycles. The van der Waals surface area contributed by atoms with Crippen molar-refractivity contribution in [2.45, 2.75) is 25.5 Å². The van der Waals surface area contributed by atoms with Crippen molar-refractivity contribution in [1.29, 1.82) is 0 Å². The highest BCUT2D eigenvalue weighted by Crippen LogP contribution is 2.15. The van der Waals surface area contributed by atoms with Crippen LogP contribution in [0.3, 0.4) is 0 Å². The Kier molecular flexibility index (Phi) is 8.56. The van der Waals surface area contributed by atoms with Crippen molar-refractivity contribution in [3.8, 4) is 5.75 Å². The summed E-state index contributed by atoms with van der Waals surface area (Å²) in [6.07, 6.45) is 0. The molecule has 0 bridgehead atoms. The first-order chi connectivity index (χ1) is 11.2. The molecule has 5 nitrogen and oxygen atoms in total. The van der Waals surface area contributed by atoms with E-state index < -0.39 is 10.8 Å². The maximum atomic E-state index is 12.0. The molecule has 1 N–H and O–H groups in total. The Morgan fingerprint density at radius 1 is 1.33 bits per heavy atom. The number of aliphatic imine (C=N–C) groups is 1. The van der Waals surface area contributed by atoms with E-state index in [1.165, 1.54) is 0 Å². The minimum absolute atomic E-state index is 0.191. The summed E-state index contributed by atoms with van der Waals surface area (Å²) in [6.45, 7) is 7.80. The minimum Gasteiger partial charge on any atom is -0.492 e. The summed E-state index contributed by atoms with van der Waals surface area (Å²) >= 11 is 5.85. The lowest BCUT2D eigenvalue weighted by Crippen LogP contribution is -2.43. The Morgan fingerprint density at radius 2 is 1.96 bits per heavy atom. The molecule has 0 amide bonds. The van der Waals surface area contributed by atoms with Gasteiger partial charge < -0.3 is 15.0 Å². The van der Waals surface area contributed by atoms with E-state index in [9.17, 15) is 4.21 Å². The van der Waals surface area contributed by atoms with E-state index in [-0.39, 0.29) is 4.75 Å². The zero-order valence-electron chi connectivity index (χ0n) is 15.1. The molecule has 0 saturated carbocycles. The van der Waals surface area contributed by atoms with Crippen LogP contribution in [0.2, 0.25) is 5.02 Å². The van der Waals surface area contributed by atoms with E-state index in [2.05, 4.69) is 10.3 Å². The lowest BCUT2D eigenvalue weighted by Gasteiger charge is -2.23. The fourth-order valence-corrected chi connectivity index (χ4v) is 2.91. The van der Waals surface area contributed by atoms with Gasteiger partial charge in [-0.1, -0.05) is 11.6 Å². The summed E-state index contributed by atoms with van der Waals surface area (Å²) in [5.41, 5.74) is 0. The maximum absolute atomic E-state index is 12.0. The molecule has 0 saturated heterocycles. The average Bonchev–Trinajstić information content (AvgIpc) is 2.52. The SMILES string of the molecule is CN=C(NCCS(=O)C(C)(C)C)N(C)CCOc1ccc(Cl)cc1. The van der Waals surface area contributed by atoms with E-state index in [4.69, 9.17) is 16.3 Å². The van der Waals surface area contributed by atoms with E-state index in [1.54, 1.807) is 19.2 Å². The van der Waals surface area contributed by atoms with Gasteiger partial charge in [0.15, 0.2) is 5.96 Å². The van der Waals surface area contributed by atoms with Crippen molar-refractivity contribution < 1.29 is 8.95 Å². The third-order valence-corrected chi connectivity index (χ3v) is 5.53. The molecule has 7 heteroatoms. The molecular formula is C17H28ClN3O2S. The molecule has 0 fully saturated rings. The standard InChI is InChI=1S/C17H28ClN3O2S/c1-17(2,3)24(22)13-10-20-16(19-4)21(5)11-12-23-15-8-6-14(18)7-9-15/h6-9H,10-13H2,1-5H3,(H,19,20). The van der Waals surface area contributed by atoms with E-state index >= 15 is 0 Å². The van der Waals surface area contributed by atoms with Crippen LogP contribution in [-0.4, -0.2) is 59.4 Å². The van der Waals surface area contributed by atoms with Crippen LogP contribution in [0, 0.1) is 0 Å². The van der Waals surface area contributed by atoms with Crippen LogP contribution in [0.4, 0.5) is 0 Å². The molecule has 1 unspecified atom stereocenters. The molecule has 1 rings (SSSR count). The number of halogens is 1. The summed E-state index contributed by atoms with van der Waals surface area (Å²) in [7, 11) is 2.81. The number of benzene rings is 1. The highest BCUT2D eigenvalue weighted by atomic mass is 35.5. The van der Waals surface area contributed by atoms with Gasteiger partial charge in [-0.3, -0.25) is 9.20 Å². The van der Waals surface area contributed by atoms with Gasteiger partial charge in [-0.15, -0.1) is 0 Å². The Balaban J connectivity index is 2.34. The van der Waals surface area contributed by atoms with Gasteiger partial charge in [0, 0.05) is 47.0 Å². The first-order valence-corrected chi connectivity index (χ1v) is 9.62. The fourth-order valence-electron chi connectivity index (χ4n) is 1.88. The van der Waals surface area contributed by atoms with Crippen LogP contribution >= 0.6 is 11.6 Å². The zero-order valence-corrected chi connectivity index (χ0v) is 16.7. The molecule has 24 heavy (non-hydrogen) atoms. The number of nitrogens with one attached hydrogen (secondary N) is 1. The number of ether oxygens (including phenoxy) is 1. The number of guanidine groups is 1. The second-order valence-corrected chi connectivity index (χ2v) is 9.12. The van der Waals surface area contributed by atoms with Crippen LogP contribution in [0.5, 0.6) is 5.75 Å². The number of likely N-dealkylation sites (N-methyl/N-ethyl adjacent to an activating group) is 1. The Hall–Kier alpha value is -1.27. The lowest BCUT2D eigenvalue weighted by molar-refractivity contribution is 0.281. The quantitative estimate of drug-likeness (QED) is 0.589. The van der Waals surface area contributed by atoms with Crippen LogP contribution in [-0.2, 0) is 10.8 Å². The topological polar surface area (TPSA) is 53.9 Å². The Bertz CT molecular complexity index is 556. The first-order valence-electron chi connectivity index (χ1n) is 7.92. The fraction of sp³-hybridized carbons (Fsp3) is 0.588. The molecule has 0 aliphatic heterocycles. The third kappa shape index (κ3) is 7.53. The summed E-state index contributed by atoms with van der Waals surface area (Å²) in [6, 6.07) is 7.29. The van der Waals surface area contributed by atoms with Crippen molar-refractivity contribution in [2.75, 3.05) is 39.5 Å². The summed E-state index contributed by atoms with van der Waals surface area (Å²) in [5.74, 6) is 2.15. The van der Waals surface area contributed by atoms with Gasteiger partial charge in [0.05, 0.1) is 6.54 Å². The molecule has 0 radical (unpaired) electrons. The second-order valence-electron chi connectivity index (χ2n) is 6.36. The van der Waals surface area contributed by atoms with Crippen LogP contribution < -0.4 is 10.1 Å². The van der Waals surface area contributed by atoms with Crippen molar-refractivity contribution in [3.05, 3.63) is 29.3 Å². The molecule has 0 heterocycles. The molecule has 0 aliphatic carbocycles. The molecule has 0 aromatic heterocycles. The zero-order chi connectivity index (χ0) is 18.2. The lowest BCUT2D eigenvalue weighted by atomic mass is 10.3. The summed E-state index contributed by atoms with van der Waals surface area (Å²) < 4.78 is 17.5. The number of hydrogen-bond acceptors (Lipinski definition) is 3. The molecule has 0 aliphatic rings. The highest BCUT2D eigenvalue weighted by Gasteiger charge is 2.18. The van der Waals surface area contributed by atoms with Gasteiger partial charge in [0.1, 0.15) is 12.4 Å². The summed E-state index contributed by atoms with van der Waals surface area (Å²) in [4.78, 5) is 6.23. The van der Waals surface area contributed by atoms with Gasteiger partial charge in [0.25, 0.3) is 0 Å². The highest BCUT2D eigenvalue weighted by molar-refractivity contribution is 7.86. The molecule has 1 atom stereocenters. The smallest absolute Gasteiger partial charge is 0.193 e. The summed E-state index contributed by atoms with van der Waals surface area (Å²) in [5, 5.41) is 3.93. The largest absolute Gasteiger partial charge is 0.492 e. The van der Waals surface area contributed by atoms with Crippen molar-refractivity contribution in [3.63, 3.8) is 0 Å². The van der Waals surface area contributed by atoms with E-state index in [0.717, 1.165) is 11.7 Å². The van der Waals surface area contributed by atoms with E-state index in [0.29, 0.717) is 30.5 Å².